The number of rotatable bonds is 13. The Balaban J connectivity index is 1.55. The average Bonchev–Trinajstić information content (AvgIpc) is 2.64. The van der Waals surface area contributed by atoms with E-state index in [-0.39, 0.29) is 5.75 Å². The number of pyridine rings is 1. The van der Waals surface area contributed by atoms with E-state index in [1.165, 1.54) is 57.8 Å². The number of phenols is 1. The molecule has 0 aliphatic rings. The molecule has 0 amide bonds. The largest absolute Gasteiger partial charge is 0.506 e. The van der Waals surface area contributed by atoms with E-state index in [1.807, 2.05) is 18.2 Å². The Morgan fingerprint density at radius 3 is 2.28 bits per heavy atom. The first-order chi connectivity index (χ1) is 12.3. The molecule has 1 aromatic heterocycles. The van der Waals surface area contributed by atoms with Crippen LogP contribution in [0.15, 0.2) is 30.5 Å². The summed E-state index contributed by atoms with van der Waals surface area (Å²) >= 11 is 0. The maximum atomic E-state index is 9.87. The van der Waals surface area contributed by atoms with Gasteiger partial charge in [-0.3, -0.25) is 4.98 Å². The smallest absolute Gasteiger partial charge is 0.141 e. The van der Waals surface area contributed by atoms with Crippen molar-refractivity contribution in [2.45, 2.75) is 77.7 Å². The van der Waals surface area contributed by atoms with Crippen molar-refractivity contribution in [1.82, 2.24) is 4.98 Å². The van der Waals surface area contributed by atoms with Gasteiger partial charge >= 0.3 is 0 Å². The summed E-state index contributed by atoms with van der Waals surface area (Å²) in [6, 6.07) is 7.52. The van der Waals surface area contributed by atoms with E-state index in [2.05, 4.69) is 11.9 Å². The van der Waals surface area contributed by atoms with Crippen LogP contribution in [0, 0.1) is 0 Å². The summed E-state index contributed by atoms with van der Waals surface area (Å²) in [5.74, 6) is 0.231. The van der Waals surface area contributed by atoms with Crippen LogP contribution in [0.1, 0.15) is 76.7 Å². The summed E-state index contributed by atoms with van der Waals surface area (Å²) in [5, 5.41) is 10.8. The first-order valence-corrected chi connectivity index (χ1v) is 9.96. The molecule has 0 saturated carbocycles. The van der Waals surface area contributed by atoms with E-state index in [4.69, 9.17) is 4.74 Å². The van der Waals surface area contributed by atoms with Crippen molar-refractivity contribution >= 4 is 10.9 Å². The molecule has 0 bridgehead atoms. The number of aromatic hydroxyl groups is 1. The minimum Gasteiger partial charge on any atom is -0.506 e. The molecule has 0 spiro atoms. The SMILES string of the molecule is CCCCCCCCCCCCOCc1ccc(O)c2ncccc12. The minimum atomic E-state index is 0.231. The molecule has 0 saturated heterocycles. The number of unbranched alkanes of at least 4 members (excludes halogenated alkanes) is 9. The van der Waals surface area contributed by atoms with Crippen LogP contribution in [0.3, 0.4) is 0 Å². The maximum Gasteiger partial charge on any atom is 0.141 e. The number of benzene rings is 1. The summed E-state index contributed by atoms with van der Waals surface area (Å²) < 4.78 is 5.83. The molecule has 0 atom stereocenters. The van der Waals surface area contributed by atoms with Crippen molar-refractivity contribution < 1.29 is 9.84 Å². The normalized spacial score (nSPS) is 11.2. The van der Waals surface area contributed by atoms with Gasteiger partial charge < -0.3 is 9.84 Å². The van der Waals surface area contributed by atoms with Crippen molar-refractivity contribution in [3.63, 3.8) is 0 Å². The molecule has 25 heavy (non-hydrogen) atoms. The molecule has 3 nitrogen and oxygen atoms in total. The highest BCUT2D eigenvalue weighted by atomic mass is 16.5. The van der Waals surface area contributed by atoms with Crippen molar-refractivity contribution in [1.29, 1.82) is 0 Å². The van der Waals surface area contributed by atoms with E-state index < -0.39 is 0 Å². The second-order valence-corrected chi connectivity index (χ2v) is 6.88. The van der Waals surface area contributed by atoms with Crippen molar-refractivity contribution in [2.75, 3.05) is 6.61 Å². The van der Waals surface area contributed by atoms with Crippen molar-refractivity contribution in [3.05, 3.63) is 36.0 Å². The lowest BCUT2D eigenvalue weighted by Gasteiger charge is -2.08. The van der Waals surface area contributed by atoms with Gasteiger partial charge in [-0.15, -0.1) is 0 Å². The Bertz CT molecular complexity index is 612. The predicted molar refractivity (Wildman–Crippen MR) is 105 cm³/mol. The fourth-order valence-corrected chi connectivity index (χ4v) is 3.22. The van der Waals surface area contributed by atoms with Crippen LogP contribution in [0.2, 0.25) is 0 Å². The van der Waals surface area contributed by atoms with Crippen LogP contribution >= 0.6 is 0 Å². The van der Waals surface area contributed by atoms with E-state index in [0.717, 1.165) is 24.0 Å². The van der Waals surface area contributed by atoms with Gasteiger partial charge in [0.2, 0.25) is 0 Å². The van der Waals surface area contributed by atoms with Crippen molar-refractivity contribution in [2.24, 2.45) is 0 Å². The molecule has 0 fully saturated rings. The van der Waals surface area contributed by atoms with Crippen LogP contribution in [-0.4, -0.2) is 16.7 Å². The molecular weight excluding hydrogens is 310 g/mol. The lowest BCUT2D eigenvalue weighted by atomic mass is 10.1. The molecule has 1 heterocycles. The summed E-state index contributed by atoms with van der Waals surface area (Å²) in [7, 11) is 0. The molecule has 1 aromatic carbocycles. The molecule has 0 unspecified atom stereocenters. The van der Waals surface area contributed by atoms with E-state index in [0.29, 0.717) is 12.1 Å². The molecule has 2 aromatic rings. The van der Waals surface area contributed by atoms with Gasteiger partial charge in [0.1, 0.15) is 11.3 Å². The second-order valence-electron chi connectivity index (χ2n) is 6.88. The number of hydrogen-bond donors (Lipinski definition) is 1. The fourth-order valence-electron chi connectivity index (χ4n) is 3.22. The number of hydrogen-bond acceptors (Lipinski definition) is 3. The highest BCUT2D eigenvalue weighted by Crippen LogP contribution is 2.25. The van der Waals surface area contributed by atoms with Gasteiger partial charge in [-0.25, -0.2) is 0 Å². The molecule has 0 radical (unpaired) electrons. The highest BCUT2D eigenvalue weighted by molar-refractivity contribution is 5.86. The van der Waals surface area contributed by atoms with Gasteiger partial charge in [-0.2, -0.15) is 0 Å². The molecule has 0 aliphatic carbocycles. The predicted octanol–water partition coefficient (Wildman–Crippen LogP) is 6.38. The lowest BCUT2D eigenvalue weighted by Crippen LogP contribution is -1.97. The zero-order valence-electron chi connectivity index (χ0n) is 15.7. The molecule has 2 rings (SSSR count). The minimum absolute atomic E-state index is 0.231. The Morgan fingerprint density at radius 1 is 0.880 bits per heavy atom. The fraction of sp³-hybridized carbons (Fsp3) is 0.591. The summed E-state index contributed by atoms with van der Waals surface area (Å²) in [5.41, 5.74) is 1.75. The monoisotopic (exact) mass is 343 g/mol. The summed E-state index contributed by atoms with van der Waals surface area (Å²) in [6.07, 6.45) is 15.1. The Morgan fingerprint density at radius 2 is 1.56 bits per heavy atom. The van der Waals surface area contributed by atoms with Crippen LogP contribution in [0.4, 0.5) is 0 Å². The van der Waals surface area contributed by atoms with Gasteiger partial charge in [0.25, 0.3) is 0 Å². The molecule has 138 valence electrons. The second kappa shape index (κ2) is 11.9. The standard InChI is InChI=1S/C22H33NO2/c1-2-3-4-5-6-7-8-9-10-11-17-25-18-19-14-15-21(24)22-20(19)13-12-16-23-22/h12-16,24H,2-11,17-18H2,1H3. The van der Waals surface area contributed by atoms with Crippen LogP contribution in [0.5, 0.6) is 5.75 Å². The highest BCUT2D eigenvalue weighted by Gasteiger charge is 2.05. The molecule has 0 aliphatic heterocycles. The van der Waals surface area contributed by atoms with Gasteiger partial charge in [-0.1, -0.05) is 76.8 Å². The summed E-state index contributed by atoms with van der Waals surface area (Å²) in [6.45, 7) is 3.65. The van der Waals surface area contributed by atoms with E-state index in [9.17, 15) is 5.11 Å². The van der Waals surface area contributed by atoms with Crippen LogP contribution in [-0.2, 0) is 11.3 Å². The lowest BCUT2D eigenvalue weighted by molar-refractivity contribution is 0.117. The molecular formula is C22H33NO2. The number of ether oxygens (including phenoxy) is 1. The van der Waals surface area contributed by atoms with Crippen LogP contribution in [0.25, 0.3) is 10.9 Å². The maximum absolute atomic E-state index is 9.87. The van der Waals surface area contributed by atoms with Gasteiger partial charge in [-0.05, 0) is 24.1 Å². The average molecular weight is 344 g/mol. The molecule has 1 N–H and O–H groups in total. The number of phenolic OH excluding ortho intramolecular Hbond substituents is 1. The first-order valence-electron chi connectivity index (χ1n) is 9.96. The van der Waals surface area contributed by atoms with E-state index >= 15 is 0 Å². The van der Waals surface area contributed by atoms with Gasteiger partial charge in [0.05, 0.1) is 6.61 Å². The Labute approximate surface area is 152 Å². The first kappa shape index (κ1) is 19.7. The topological polar surface area (TPSA) is 42.4 Å². The quantitative estimate of drug-likeness (QED) is 0.429. The summed E-state index contributed by atoms with van der Waals surface area (Å²) in [4.78, 5) is 4.25. The molecule has 3 heteroatoms. The van der Waals surface area contributed by atoms with Crippen LogP contribution < -0.4 is 0 Å². The Kier molecular flexibility index (Phi) is 9.35. The third kappa shape index (κ3) is 7.03. The third-order valence-electron chi connectivity index (χ3n) is 4.74. The van der Waals surface area contributed by atoms with E-state index in [1.54, 1.807) is 12.3 Å². The van der Waals surface area contributed by atoms with Gasteiger partial charge in [0, 0.05) is 18.2 Å². The number of aromatic nitrogens is 1. The number of nitrogens with zero attached hydrogens (tertiary/aromatic N) is 1. The third-order valence-corrected chi connectivity index (χ3v) is 4.74. The Hall–Kier alpha value is -1.61. The van der Waals surface area contributed by atoms with Gasteiger partial charge in [0.15, 0.2) is 0 Å². The zero-order valence-corrected chi connectivity index (χ0v) is 15.7. The zero-order chi connectivity index (χ0) is 17.7. The number of fused-ring (bicyclic) bond motifs is 1. The van der Waals surface area contributed by atoms with Crippen molar-refractivity contribution in [3.8, 4) is 5.75 Å².